The minimum Gasteiger partial charge on any atom is -0.475 e. The molecule has 45 heavy (non-hydrogen) atoms. The molecule has 3 N–H and O–H groups in total. The van der Waals surface area contributed by atoms with Gasteiger partial charge in [0.1, 0.15) is 0 Å². The first-order valence-electron chi connectivity index (χ1n) is 13.3. The molecular weight excluding hydrogens is 637 g/mol. The third-order valence-electron chi connectivity index (χ3n) is 6.99. The fourth-order valence-corrected chi connectivity index (χ4v) is 4.88. The average Bonchev–Trinajstić information content (AvgIpc) is 3.52. The molecule has 0 aromatic carbocycles. The first-order chi connectivity index (χ1) is 20.5. The van der Waals surface area contributed by atoms with Crippen molar-refractivity contribution >= 4 is 17.9 Å². The van der Waals surface area contributed by atoms with E-state index in [1.54, 1.807) is 0 Å². The summed E-state index contributed by atoms with van der Waals surface area (Å²) in [5.41, 5.74) is 2.77. The van der Waals surface area contributed by atoms with E-state index in [0.717, 1.165) is 24.8 Å². The highest BCUT2D eigenvalue weighted by atomic mass is 19.4. The van der Waals surface area contributed by atoms with Gasteiger partial charge in [0, 0.05) is 56.9 Å². The summed E-state index contributed by atoms with van der Waals surface area (Å²) in [5, 5.41) is 21.4. The molecule has 0 amide bonds. The maximum Gasteiger partial charge on any atom is 0.490 e. The Labute approximate surface area is 251 Å². The molecule has 10 nitrogen and oxygen atoms in total. The Bertz CT molecular complexity index is 1070. The standard InChI is InChI=1S/C20H31N3O.3C2HF3O2/c1-16-4-3-5-19(21-16)12-22-9-8-20(14-22)15-23(10-17-6-7-17)11-18(20)13-24-2;3*3-2(4,5)1(6)7/h3-5,17-18H,6-15H2,1-2H3;3*(H,6,7)/t18-,20+;;;/m1.../s1. The summed E-state index contributed by atoms with van der Waals surface area (Å²) in [7, 11) is 1.86. The summed E-state index contributed by atoms with van der Waals surface area (Å²) in [6, 6.07) is 6.37. The van der Waals surface area contributed by atoms with Crippen LogP contribution in [0.2, 0.25) is 0 Å². The van der Waals surface area contributed by atoms with Crippen LogP contribution in [-0.4, -0.2) is 113 Å². The monoisotopic (exact) mass is 671 g/mol. The van der Waals surface area contributed by atoms with E-state index >= 15 is 0 Å². The molecule has 4 rings (SSSR count). The molecule has 1 aromatic rings. The summed E-state index contributed by atoms with van der Waals surface area (Å²) in [5.74, 6) is -6.60. The molecule has 1 aromatic heterocycles. The summed E-state index contributed by atoms with van der Waals surface area (Å²) >= 11 is 0. The summed E-state index contributed by atoms with van der Waals surface area (Å²) in [6.45, 7) is 10.2. The van der Waals surface area contributed by atoms with Crippen molar-refractivity contribution in [1.29, 1.82) is 0 Å². The van der Waals surface area contributed by atoms with Crippen LogP contribution < -0.4 is 0 Å². The number of methoxy groups -OCH3 is 1. The van der Waals surface area contributed by atoms with Gasteiger partial charge in [-0.25, -0.2) is 14.4 Å². The number of aromatic nitrogens is 1. The van der Waals surface area contributed by atoms with Gasteiger partial charge in [0.25, 0.3) is 0 Å². The van der Waals surface area contributed by atoms with Crippen molar-refractivity contribution in [2.75, 3.05) is 46.4 Å². The molecular formula is C26H34F9N3O7. The predicted molar refractivity (Wildman–Crippen MR) is 137 cm³/mol. The van der Waals surface area contributed by atoms with Gasteiger partial charge in [0.2, 0.25) is 0 Å². The SMILES string of the molecule is COC[C@H]1CN(CC2CC2)C[C@@]12CCN(Cc1cccc(C)n1)C2.O=C(O)C(F)(F)F.O=C(O)C(F)(F)F.O=C(O)C(F)(F)F. The Morgan fingerprint density at radius 2 is 1.36 bits per heavy atom. The van der Waals surface area contributed by atoms with Gasteiger partial charge in [-0.05, 0) is 50.8 Å². The van der Waals surface area contributed by atoms with E-state index in [-0.39, 0.29) is 0 Å². The van der Waals surface area contributed by atoms with Crippen LogP contribution in [0.3, 0.4) is 0 Å². The molecule has 1 saturated carbocycles. The Balaban J connectivity index is 0.000000396. The number of hydrogen-bond acceptors (Lipinski definition) is 7. The highest BCUT2D eigenvalue weighted by molar-refractivity contribution is 5.73. The van der Waals surface area contributed by atoms with Crippen molar-refractivity contribution < 1.29 is 74.0 Å². The highest BCUT2D eigenvalue weighted by Gasteiger charge is 2.50. The van der Waals surface area contributed by atoms with Crippen LogP contribution in [0.15, 0.2) is 18.2 Å². The van der Waals surface area contributed by atoms with Crippen molar-refractivity contribution in [2.45, 2.75) is 51.3 Å². The van der Waals surface area contributed by atoms with Crippen LogP contribution >= 0.6 is 0 Å². The van der Waals surface area contributed by atoms with Crippen molar-refractivity contribution in [3.63, 3.8) is 0 Å². The molecule has 3 heterocycles. The first kappa shape index (κ1) is 39.8. The molecule has 2 aliphatic heterocycles. The van der Waals surface area contributed by atoms with Gasteiger partial charge in [-0.2, -0.15) is 39.5 Å². The molecule has 0 bridgehead atoms. The maximum absolute atomic E-state index is 10.6. The minimum atomic E-state index is -5.08. The Hall–Kier alpha value is -3.19. The Kier molecular flexibility index (Phi) is 14.5. The molecule has 0 radical (unpaired) electrons. The fraction of sp³-hybridized carbons (Fsp3) is 0.692. The quantitative estimate of drug-likeness (QED) is 0.371. The maximum atomic E-state index is 10.6. The van der Waals surface area contributed by atoms with Crippen molar-refractivity contribution in [3.05, 3.63) is 29.6 Å². The Morgan fingerprint density at radius 3 is 1.76 bits per heavy atom. The number of rotatable bonds is 6. The molecule has 2 saturated heterocycles. The van der Waals surface area contributed by atoms with Gasteiger partial charge in [-0.15, -0.1) is 0 Å². The fourth-order valence-electron chi connectivity index (χ4n) is 4.88. The normalized spacial score (nSPS) is 22.0. The lowest BCUT2D eigenvalue weighted by molar-refractivity contribution is -0.193. The summed E-state index contributed by atoms with van der Waals surface area (Å²) in [6.07, 6.45) is -11.0. The third-order valence-corrected chi connectivity index (χ3v) is 6.99. The zero-order chi connectivity index (χ0) is 34.8. The number of carboxylic acid groups (broad SMARTS) is 3. The second-order valence-electron chi connectivity index (χ2n) is 10.8. The number of aliphatic carboxylic acids is 3. The number of pyridine rings is 1. The lowest BCUT2D eigenvalue weighted by Crippen LogP contribution is -2.36. The molecule has 1 aliphatic carbocycles. The number of hydrogen-bond donors (Lipinski definition) is 3. The van der Waals surface area contributed by atoms with E-state index in [4.69, 9.17) is 39.4 Å². The van der Waals surface area contributed by atoms with Gasteiger partial charge in [0.15, 0.2) is 0 Å². The number of halogens is 9. The van der Waals surface area contributed by atoms with Crippen molar-refractivity contribution in [1.82, 2.24) is 14.8 Å². The lowest BCUT2D eigenvalue weighted by atomic mass is 9.77. The highest BCUT2D eigenvalue weighted by Crippen LogP contribution is 2.45. The minimum absolute atomic E-state index is 0.439. The molecule has 258 valence electrons. The molecule has 0 unspecified atom stereocenters. The second-order valence-corrected chi connectivity index (χ2v) is 10.8. The molecule has 2 atom stereocenters. The van der Waals surface area contributed by atoms with E-state index in [2.05, 4.69) is 34.9 Å². The molecule has 19 heteroatoms. The summed E-state index contributed by atoms with van der Waals surface area (Å²) in [4.78, 5) is 36.7. The molecule has 3 fully saturated rings. The van der Waals surface area contributed by atoms with Gasteiger partial charge in [-0.1, -0.05) is 6.07 Å². The zero-order valence-electron chi connectivity index (χ0n) is 24.2. The van der Waals surface area contributed by atoms with Gasteiger partial charge in [0.05, 0.1) is 12.3 Å². The zero-order valence-corrected chi connectivity index (χ0v) is 24.2. The van der Waals surface area contributed by atoms with Gasteiger partial charge >= 0.3 is 36.4 Å². The van der Waals surface area contributed by atoms with Crippen LogP contribution in [0.4, 0.5) is 39.5 Å². The number of carbonyl (C=O) groups is 3. The first-order valence-corrected chi connectivity index (χ1v) is 13.3. The number of likely N-dealkylation sites (tertiary alicyclic amines) is 2. The average molecular weight is 672 g/mol. The molecule has 1 spiro atoms. The van der Waals surface area contributed by atoms with E-state index in [1.807, 2.05) is 7.11 Å². The number of carboxylic acids is 3. The number of aryl methyl sites for hydroxylation is 1. The predicted octanol–water partition coefficient (Wildman–Crippen LogP) is 4.47. The smallest absolute Gasteiger partial charge is 0.475 e. The Morgan fingerprint density at radius 1 is 0.889 bits per heavy atom. The van der Waals surface area contributed by atoms with E-state index in [0.29, 0.717) is 11.3 Å². The number of nitrogens with zero attached hydrogens (tertiary/aromatic N) is 3. The van der Waals surface area contributed by atoms with E-state index in [1.165, 1.54) is 57.7 Å². The second kappa shape index (κ2) is 16.4. The van der Waals surface area contributed by atoms with Crippen molar-refractivity contribution in [2.24, 2.45) is 17.3 Å². The largest absolute Gasteiger partial charge is 0.490 e. The third kappa shape index (κ3) is 14.6. The van der Waals surface area contributed by atoms with Crippen molar-refractivity contribution in [3.8, 4) is 0 Å². The van der Waals surface area contributed by atoms with Gasteiger partial charge in [-0.3, -0.25) is 9.88 Å². The molecule has 3 aliphatic rings. The van der Waals surface area contributed by atoms with Crippen LogP contribution in [0.1, 0.15) is 30.7 Å². The van der Waals surface area contributed by atoms with Crippen LogP contribution in [0.25, 0.3) is 0 Å². The number of alkyl halides is 9. The lowest BCUT2D eigenvalue weighted by Gasteiger charge is -2.30. The van der Waals surface area contributed by atoms with Crippen LogP contribution in [-0.2, 0) is 25.7 Å². The topological polar surface area (TPSA) is 140 Å². The van der Waals surface area contributed by atoms with Crippen LogP contribution in [0.5, 0.6) is 0 Å². The van der Waals surface area contributed by atoms with Gasteiger partial charge < -0.3 is 25.0 Å². The van der Waals surface area contributed by atoms with E-state index < -0.39 is 36.4 Å². The number of ether oxygens (including phenoxy) is 1. The van der Waals surface area contributed by atoms with Crippen LogP contribution in [0, 0.1) is 24.2 Å². The van der Waals surface area contributed by atoms with E-state index in [9.17, 15) is 39.5 Å². The summed E-state index contributed by atoms with van der Waals surface area (Å²) < 4.78 is 101.